The Balaban J connectivity index is 0.00000288. The second-order valence-corrected chi connectivity index (χ2v) is 5.26. The van der Waals surface area contributed by atoms with Crippen molar-refractivity contribution in [1.82, 2.24) is 15.0 Å². The molecule has 7 nitrogen and oxygen atoms in total. The lowest BCUT2D eigenvalue weighted by Crippen LogP contribution is -2.25. The van der Waals surface area contributed by atoms with Crippen LogP contribution in [0.4, 0.5) is 11.8 Å². The van der Waals surface area contributed by atoms with Crippen molar-refractivity contribution in [2.45, 2.75) is 38.8 Å². The average Bonchev–Trinajstić information content (AvgIpc) is 2.58. The first-order valence-electron chi connectivity index (χ1n) is 7.74. The number of ether oxygens (including phenoxy) is 1. The summed E-state index contributed by atoms with van der Waals surface area (Å²) in [6.07, 6.45) is 7.92. The Bertz CT molecular complexity index is 600. The number of pyridine rings is 1. The van der Waals surface area contributed by atoms with Crippen LogP contribution in [-0.4, -0.2) is 32.7 Å². The smallest absolute Gasteiger partial charge is 0.222 e. The molecule has 0 aliphatic rings. The minimum Gasteiger partial charge on any atom is -0.483 e. The first-order valence-corrected chi connectivity index (χ1v) is 7.74. The van der Waals surface area contributed by atoms with Crippen molar-refractivity contribution >= 4 is 25.3 Å². The molecule has 2 rings (SSSR count). The number of aliphatic hydroxyl groups is 1. The first kappa shape index (κ1) is 20.0. The molecule has 0 aliphatic heterocycles. The van der Waals surface area contributed by atoms with E-state index in [1.54, 1.807) is 12.4 Å². The van der Waals surface area contributed by atoms with Crippen LogP contribution in [0.5, 0.6) is 5.75 Å². The number of hydrogen-bond donors (Lipinski definition) is 3. The van der Waals surface area contributed by atoms with Crippen LogP contribution < -0.4 is 15.8 Å². The molecule has 0 amide bonds. The van der Waals surface area contributed by atoms with E-state index in [-0.39, 0.29) is 32.1 Å². The zero-order chi connectivity index (χ0) is 16.5. The number of nitrogens with two attached hydrogens (primary N) is 1. The number of aromatic nitrogens is 3. The van der Waals surface area contributed by atoms with E-state index in [0.29, 0.717) is 18.2 Å². The van der Waals surface area contributed by atoms with Gasteiger partial charge in [0.05, 0.1) is 18.8 Å². The van der Waals surface area contributed by atoms with Gasteiger partial charge in [-0.2, -0.15) is 18.5 Å². The normalized spacial score (nSPS) is 11.4. The van der Waals surface area contributed by atoms with Crippen LogP contribution in [0.25, 0.3) is 0 Å². The van der Waals surface area contributed by atoms with Crippen LogP contribution in [-0.2, 0) is 6.61 Å². The number of nitrogens with zero attached hydrogens (tertiary/aromatic N) is 3. The van der Waals surface area contributed by atoms with Gasteiger partial charge >= 0.3 is 0 Å². The molecule has 2 heterocycles. The van der Waals surface area contributed by atoms with E-state index in [1.165, 1.54) is 6.20 Å². The molecule has 2 aromatic rings. The van der Waals surface area contributed by atoms with E-state index in [4.69, 9.17) is 10.5 Å². The van der Waals surface area contributed by atoms with Crippen molar-refractivity contribution in [3.05, 3.63) is 36.3 Å². The molecule has 24 heavy (non-hydrogen) atoms. The minimum absolute atomic E-state index is 0. The van der Waals surface area contributed by atoms with E-state index in [1.807, 2.05) is 12.1 Å². The number of rotatable bonds is 9. The maximum atomic E-state index is 9.50. The van der Waals surface area contributed by atoms with Gasteiger partial charge in [0.1, 0.15) is 6.61 Å². The molecule has 8 heteroatoms. The number of unbranched alkanes of at least 4 members (excludes halogenated alkanes) is 1. The second-order valence-electron chi connectivity index (χ2n) is 5.26. The number of hydrogen-bond acceptors (Lipinski definition) is 7. The maximum absolute atomic E-state index is 9.50. The van der Waals surface area contributed by atoms with Crippen molar-refractivity contribution < 1.29 is 9.84 Å². The molecule has 0 unspecified atom stereocenters. The zero-order valence-corrected chi connectivity index (χ0v) is 14.8. The fraction of sp³-hybridized carbons (Fsp3) is 0.438. The largest absolute Gasteiger partial charge is 0.483 e. The number of aliphatic hydroxyl groups excluding tert-OH is 1. The summed E-state index contributed by atoms with van der Waals surface area (Å²) in [5.74, 6) is 1.16. The quantitative estimate of drug-likeness (QED) is 0.635. The predicted molar refractivity (Wildman–Crippen MR) is 99.4 cm³/mol. The summed E-state index contributed by atoms with van der Waals surface area (Å²) in [7, 11) is 0. The van der Waals surface area contributed by atoms with E-state index in [2.05, 4.69) is 27.2 Å². The van der Waals surface area contributed by atoms with Gasteiger partial charge in [0.15, 0.2) is 11.6 Å². The van der Waals surface area contributed by atoms with Crippen LogP contribution in [0.15, 0.2) is 30.7 Å². The van der Waals surface area contributed by atoms with Crippen molar-refractivity contribution in [3.63, 3.8) is 0 Å². The van der Waals surface area contributed by atoms with E-state index in [9.17, 15) is 5.11 Å². The summed E-state index contributed by atoms with van der Waals surface area (Å²) in [5.41, 5.74) is 6.61. The highest BCUT2D eigenvalue weighted by atomic mass is 32.1. The van der Waals surface area contributed by atoms with E-state index < -0.39 is 0 Å². The molecular formula is C16H25N5O2S. The Hall–Kier alpha value is -2.06. The highest BCUT2D eigenvalue weighted by Crippen LogP contribution is 2.24. The van der Waals surface area contributed by atoms with Crippen molar-refractivity contribution in [2.24, 2.45) is 0 Å². The molecule has 4 N–H and O–H groups in total. The van der Waals surface area contributed by atoms with Crippen LogP contribution in [0.3, 0.4) is 0 Å². The molecule has 0 bridgehead atoms. The molecule has 0 aromatic carbocycles. The average molecular weight is 351 g/mol. The van der Waals surface area contributed by atoms with Gasteiger partial charge in [-0.3, -0.25) is 4.98 Å². The maximum Gasteiger partial charge on any atom is 0.222 e. The van der Waals surface area contributed by atoms with E-state index in [0.717, 1.165) is 24.8 Å². The third-order valence-corrected chi connectivity index (χ3v) is 3.36. The van der Waals surface area contributed by atoms with Crippen LogP contribution in [0.2, 0.25) is 0 Å². The highest BCUT2D eigenvalue weighted by Gasteiger charge is 2.13. The standard InChI is InChI=1S/C16H23N5O2.H2S/c1-2-3-6-13(10-22)20-15-14(9-19-16(17)21-15)23-11-12-5-4-7-18-8-12;/h4-5,7-9,13,22H,2-3,6,10-11H2,1H3,(H3,17,19,20,21);1H2/t13-;/m0./s1. The first-order chi connectivity index (χ1) is 11.2. The molecule has 0 aliphatic carbocycles. The Labute approximate surface area is 149 Å². The lowest BCUT2D eigenvalue weighted by Gasteiger charge is -2.19. The molecule has 1 atom stereocenters. The summed E-state index contributed by atoms with van der Waals surface area (Å²) in [4.78, 5) is 12.2. The van der Waals surface area contributed by atoms with Gasteiger partial charge in [0.2, 0.25) is 5.95 Å². The van der Waals surface area contributed by atoms with Crippen LogP contribution in [0, 0.1) is 0 Å². The SMILES string of the molecule is CCCC[C@@H](CO)Nc1nc(N)ncc1OCc1cccnc1.S. The molecule has 0 saturated carbocycles. The van der Waals surface area contributed by atoms with Gasteiger partial charge in [0, 0.05) is 18.0 Å². The van der Waals surface area contributed by atoms with Gasteiger partial charge in [-0.1, -0.05) is 25.8 Å². The molecule has 2 aromatic heterocycles. The number of nitrogens with one attached hydrogen (secondary N) is 1. The molecule has 0 radical (unpaired) electrons. The molecule has 0 fully saturated rings. The number of anilines is 2. The van der Waals surface area contributed by atoms with Crippen molar-refractivity contribution in [2.75, 3.05) is 17.7 Å². The summed E-state index contributed by atoms with van der Waals surface area (Å²) in [6.45, 7) is 2.49. The fourth-order valence-corrected chi connectivity index (χ4v) is 2.09. The molecule has 0 saturated heterocycles. The Morgan fingerprint density at radius 2 is 2.21 bits per heavy atom. The monoisotopic (exact) mass is 351 g/mol. The van der Waals surface area contributed by atoms with Crippen molar-refractivity contribution in [3.8, 4) is 5.75 Å². The topological polar surface area (TPSA) is 106 Å². The van der Waals surface area contributed by atoms with Gasteiger partial charge < -0.3 is 20.9 Å². The van der Waals surface area contributed by atoms with Gasteiger partial charge in [-0.25, -0.2) is 4.98 Å². The minimum atomic E-state index is -0.0926. The van der Waals surface area contributed by atoms with Crippen molar-refractivity contribution in [1.29, 1.82) is 0 Å². The van der Waals surface area contributed by atoms with Gasteiger partial charge in [-0.05, 0) is 12.5 Å². The number of nitrogen functional groups attached to an aromatic ring is 1. The summed E-state index contributed by atoms with van der Waals surface area (Å²) >= 11 is 0. The molecule has 0 spiro atoms. The van der Waals surface area contributed by atoms with Crippen LogP contribution >= 0.6 is 13.5 Å². The Morgan fingerprint density at radius 3 is 2.88 bits per heavy atom. The third-order valence-electron chi connectivity index (χ3n) is 3.36. The lowest BCUT2D eigenvalue weighted by atomic mass is 10.1. The second kappa shape index (κ2) is 10.7. The zero-order valence-electron chi connectivity index (χ0n) is 13.8. The Kier molecular flexibility index (Phi) is 8.88. The van der Waals surface area contributed by atoms with E-state index >= 15 is 0 Å². The van der Waals surface area contributed by atoms with Crippen LogP contribution in [0.1, 0.15) is 31.7 Å². The van der Waals surface area contributed by atoms with Gasteiger partial charge in [0.25, 0.3) is 0 Å². The Morgan fingerprint density at radius 1 is 1.38 bits per heavy atom. The summed E-state index contributed by atoms with van der Waals surface area (Å²) < 4.78 is 5.76. The fourth-order valence-electron chi connectivity index (χ4n) is 2.09. The molecule has 132 valence electrons. The lowest BCUT2D eigenvalue weighted by molar-refractivity contribution is 0.265. The summed E-state index contributed by atoms with van der Waals surface area (Å²) in [5, 5.41) is 12.7. The third kappa shape index (κ3) is 6.21. The highest BCUT2D eigenvalue weighted by molar-refractivity contribution is 7.59. The van der Waals surface area contributed by atoms with Gasteiger partial charge in [-0.15, -0.1) is 0 Å². The predicted octanol–water partition coefficient (Wildman–Crippen LogP) is 2.11. The summed E-state index contributed by atoms with van der Waals surface area (Å²) in [6, 6.07) is 3.69. The molecular weight excluding hydrogens is 326 g/mol.